The number of carbonyl (C=O) groups is 3. The van der Waals surface area contributed by atoms with Crippen molar-refractivity contribution in [3.8, 4) is 0 Å². The van der Waals surface area contributed by atoms with E-state index in [9.17, 15) is 38.1 Å². The Kier molecular flexibility index (Phi) is 12.2. The van der Waals surface area contributed by atoms with Gasteiger partial charge in [-0.1, -0.05) is 12.1 Å². The number of nitrogens with two attached hydrogens (primary N) is 2. The average molecular weight is 702 g/mol. The van der Waals surface area contributed by atoms with Crippen LogP contribution >= 0.6 is 0 Å². The van der Waals surface area contributed by atoms with Crippen LogP contribution in [0.25, 0.3) is 0 Å². The van der Waals surface area contributed by atoms with Crippen molar-refractivity contribution in [1.29, 1.82) is 0 Å². The van der Waals surface area contributed by atoms with E-state index < -0.39 is 62.9 Å². The summed E-state index contributed by atoms with van der Waals surface area (Å²) in [6, 6.07) is 5.84. The normalized spacial score (nSPS) is 12.2. The van der Waals surface area contributed by atoms with Gasteiger partial charge in [0.2, 0.25) is 5.95 Å². The van der Waals surface area contributed by atoms with Gasteiger partial charge in [0, 0.05) is 31.1 Å². The van der Waals surface area contributed by atoms with E-state index in [0.717, 1.165) is 0 Å². The Labute approximate surface area is 286 Å². The number of halogens is 2. The Morgan fingerprint density at radius 3 is 2.18 bits per heavy atom. The molecule has 0 saturated carbocycles. The van der Waals surface area contributed by atoms with E-state index in [0.29, 0.717) is 17.7 Å². The van der Waals surface area contributed by atoms with Gasteiger partial charge in [0.1, 0.15) is 28.7 Å². The summed E-state index contributed by atoms with van der Waals surface area (Å²) in [4.78, 5) is 69.4. The Hall–Kier alpha value is -5.61. The van der Waals surface area contributed by atoms with Gasteiger partial charge in [-0.05, 0) is 72.1 Å². The molecule has 0 aliphatic carbocycles. The lowest BCUT2D eigenvalue weighted by molar-refractivity contribution is -0.384. The Balaban J connectivity index is 1.87. The number of aromatic amines is 1. The highest BCUT2D eigenvalue weighted by atomic mass is 19.2. The SMILES string of the molecule is CC(C)(C)OC(=O)CC[C@H](NC(=O)c1ccc(CN(CCc2c(N)nc(N)[nH]c2=O)c2cc(F)c(F)cc2[N+](=O)[O-])cc1)C(=O)OC(C)(C)C. The molecule has 1 amide bonds. The highest BCUT2D eigenvalue weighted by Gasteiger charge is 2.29. The van der Waals surface area contributed by atoms with Gasteiger partial charge >= 0.3 is 11.9 Å². The lowest BCUT2D eigenvalue weighted by atomic mass is 10.1. The minimum absolute atomic E-state index is 0.0210. The molecule has 3 aromatic rings. The first kappa shape index (κ1) is 38.8. The monoisotopic (exact) mass is 701 g/mol. The number of hydrogen-bond donors (Lipinski definition) is 4. The van der Waals surface area contributed by atoms with Crippen molar-refractivity contribution in [3.05, 3.63) is 85.2 Å². The maximum absolute atomic E-state index is 14.4. The molecule has 50 heavy (non-hydrogen) atoms. The van der Waals surface area contributed by atoms with E-state index in [4.69, 9.17) is 20.9 Å². The Morgan fingerprint density at radius 1 is 1.02 bits per heavy atom. The fourth-order valence-corrected chi connectivity index (χ4v) is 4.73. The van der Waals surface area contributed by atoms with E-state index >= 15 is 0 Å². The van der Waals surface area contributed by atoms with Crippen LogP contribution in [0.5, 0.6) is 0 Å². The summed E-state index contributed by atoms with van der Waals surface area (Å²) in [7, 11) is 0. The van der Waals surface area contributed by atoms with E-state index in [2.05, 4.69) is 15.3 Å². The summed E-state index contributed by atoms with van der Waals surface area (Å²) >= 11 is 0. The van der Waals surface area contributed by atoms with E-state index in [1.807, 2.05) is 0 Å². The molecule has 0 bridgehead atoms. The van der Waals surface area contributed by atoms with Crippen molar-refractivity contribution < 1.29 is 37.6 Å². The molecule has 1 heterocycles. The molecule has 0 saturated heterocycles. The molecule has 1 aromatic heterocycles. The molecule has 0 unspecified atom stereocenters. The predicted molar refractivity (Wildman–Crippen MR) is 180 cm³/mol. The van der Waals surface area contributed by atoms with Gasteiger partial charge in [-0.3, -0.25) is 29.5 Å². The smallest absolute Gasteiger partial charge is 0.329 e. The van der Waals surface area contributed by atoms with E-state index in [1.54, 1.807) is 41.5 Å². The molecular formula is C33H41F2N7O8. The summed E-state index contributed by atoms with van der Waals surface area (Å²) in [5, 5.41) is 14.4. The zero-order valence-corrected chi connectivity index (χ0v) is 28.6. The van der Waals surface area contributed by atoms with Gasteiger partial charge in [-0.25, -0.2) is 13.6 Å². The van der Waals surface area contributed by atoms with Crippen molar-refractivity contribution in [2.24, 2.45) is 0 Å². The summed E-state index contributed by atoms with van der Waals surface area (Å²) in [5.41, 5.74) is 8.77. The predicted octanol–water partition coefficient (Wildman–Crippen LogP) is 3.93. The first-order valence-electron chi connectivity index (χ1n) is 15.5. The molecule has 0 aliphatic heterocycles. The quantitative estimate of drug-likeness (QED) is 0.113. The molecule has 270 valence electrons. The number of ether oxygens (including phenoxy) is 2. The van der Waals surface area contributed by atoms with Crippen LogP contribution in [0.2, 0.25) is 0 Å². The minimum Gasteiger partial charge on any atom is -0.460 e. The Morgan fingerprint density at radius 2 is 1.62 bits per heavy atom. The Bertz CT molecular complexity index is 1800. The lowest BCUT2D eigenvalue weighted by Gasteiger charge is -2.26. The number of anilines is 3. The summed E-state index contributed by atoms with van der Waals surface area (Å²) in [6.07, 6.45) is -0.372. The molecule has 6 N–H and O–H groups in total. The largest absolute Gasteiger partial charge is 0.460 e. The van der Waals surface area contributed by atoms with Crippen molar-refractivity contribution in [3.63, 3.8) is 0 Å². The van der Waals surface area contributed by atoms with Gasteiger partial charge in [-0.2, -0.15) is 4.98 Å². The van der Waals surface area contributed by atoms with Crippen LogP contribution in [0.4, 0.5) is 31.9 Å². The second-order valence-electron chi connectivity index (χ2n) is 13.4. The number of carbonyl (C=O) groups excluding carboxylic acids is 3. The third kappa shape index (κ3) is 11.2. The zero-order valence-electron chi connectivity index (χ0n) is 28.6. The standard InChI is InChI=1S/C33H41F2N7O8/c1-32(2,3)49-26(43)12-11-23(30(46)50-33(4,5)6)38-28(44)19-9-7-18(8-10-19)17-41(14-13-20-27(36)39-31(37)40-29(20)45)24-15-21(34)22(35)16-25(24)42(47)48/h7-10,15-16,23H,11-14,17H2,1-6H3,(H,38,44)(H5,36,37,39,40,45)/t23-/m0/s1. The number of rotatable bonds is 13. The number of aromatic nitrogens is 2. The van der Waals surface area contributed by atoms with Crippen LogP contribution in [-0.4, -0.2) is 56.5 Å². The first-order valence-corrected chi connectivity index (χ1v) is 15.5. The van der Waals surface area contributed by atoms with Crippen LogP contribution in [0.3, 0.4) is 0 Å². The molecule has 0 aliphatic rings. The summed E-state index contributed by atoms with van der Waals surface area (Å²) in [5.74, 6) is -5.10. The molecule has 15 nitrogen and oxygen atoms in total. The number of nitrogen functional groups attached to an aromatic ring is 2. The van der Waals surface area contributed by atoms with Gasteiger partial charge in [0.25, 0.3) is 17.2 Å². The second-order valence-corrected chi connectivity index (χ2v) is 13.4. The molecule has 17 heteroatoms. The second kappa shape index (κ2) is 15.7. The molecule has 0 spiro atoms. The number of H-pyrrole nitrogens is 1. The zero-order chi connectivity index (χ0) is 37.6. The molecule has 0 fully saturated rings. The van der Waals surface area contributed by atoms with E-state index in [1.165, 1.54) is 29.2 Å². The molecular weight excluding hydrogens is 660 g/mol. The number of nitro benzene ring substituents is 1. The number of nitrogens with zero attached hydrogens (tertiary/aromatic N) is 3. The fourth-order valence-electron chi connectivity index (χ4n) is 4.73. The van der Waals surface area contributed by atoms with Crippen LogP contribution in [0.15, 0.2) is 41.2 Å². The van der Waals surface area contributed by atoms with Crippen LogP contribution < -0.4 is 27.2 Å². The maximum atomic E-state index is 14.4. The number of nitro groups is 1. The van der Waals surface area contributed by atoms with Crippen molar-refractivity contribution in [1.82, 2.24) is 15.3 Å². The van der Waals surface area contributed by atoms with Gasteiger partial charge in [-0.15, -0.1) is 0 Å². The van der Waals surface area contributed by atoms with Gasteiger partial charge < -0.3 is 31.2 Å². The highest BCUT2D eigenvalue weighted by molar-refractivity contribution is 5.97. The highest BCUT2D eigenvalue weighted by Crippen LogP contribution is 2.32. The molecule has 3 rings (SSSR count). The fraction of sp³-hybridized carbons (Fsp3) is 0.424. The average Bonchev–Trinajstić information content (AvgIpc) is 2.97. The van der Waals surface area contributed by atoms with E-state index in [-0.39, 0.29) is 60.9 Å². The number of nitrogens with one attached hydrogen (secondary N) is 2. The van der Waals surface area contributed by atoms with Crippen LogP contribution in [0, 0.1) is 21.7 Å². The van der Waals surface area contributed by atoms with Crippen LogP contribution in [0.1, 0.15) is 75.9 Å². The number of hydrogen-bond acceptors (Lipinski definition) is 12. The summed E-state index contributed by atoms with van der Waals surface area (Å²) in [6.45, 7) is 9.83. The molecule has 0 radical (unpaired) electrons. The van der Waals surface area contributed by atoms with Gasteiger partial charge in [0.05, 0.1) is 16.6 Å². The number of amides is 1. The third-order valence-corrected chi connectivity index (χ3v) is 6.90. The van der Waals surface area contributed by atoms with Crippen molar-refractivity contribution in [2.45, 2.75) is 84.6 Å². The lowest BCUT2D eigenvalue weighted by Crippen LogP contribution is -2.44. The van der Waals surface area contributed by atoms with Gasteiger partial charge in [0.15, 0.2) is 11.6 Å². The third-order valence-electron chi connectivity index (χ3n) is 6.90. The molecule has 2 aromatic carbocycles. The van der Waals surface area contributed by atoms with Crippen molar-refractivity contribution in [2.75, 3.05) is 22.9 Å². The minimum atomic E-state index is -1.42. The maximum Gasteiger partial charge on any atom is 0.329 e. The first-order chi connectivity index (χ1) is 23.1. The topological polar surface area (TPSA) is 226 Å². The summed E-state index contributed by atoms with van der Waals surface area (Å²) < 4.78 is 39.2. The molecule has 1 atom stereocenters. The number of benzene rings is 2. The number of esters is 2. The van der Waals surface area contributed by atoms with Crippen molar-refractivity contribution >= 4 is 41.0 Å². The van der Waals surface area contributed by atoms with Crippen LogP contribution in [-0.2, 0) is 32.0 Å².